The minimum absolute atomic E-state index is 0.223. The molecule has 1 aliphatic rings. The van der Waals surface area contributed by atoms with Crippen LogP contribution in [0, 0.1) is 0 Å². The highest BCUT2D eigenvalue weighted by molar-refractivity contribution is 7.93. The van der Waals surface area contributed by atoms with Crippen molar-refractivity contribution in [3.8, 4) is 22.6 Å². The number of benzene rings is 3. The summed E-state index contributed by atoms with van der Waals surface area (Å²) >= 11 is 0. The van der Waals surface area contributed by atoms with Crippen LogP contribution in [0.3, 0.4) is 0 Å². The zero-order chi connectivity index (χ0) is 18.0. The smallest absolute Gasteiger partial charge is 0.235 e. The van der Waals surface area contributed by atoms with Crippen LogP contribution in [0.4, 0.5) is 5.69 Å². The predicted molar refractivity (Wildman–Crippen MR) is 104 cm³/mol. The first-order valence-electron chi connectivity index (χ1n) is 8.55. The van der Waals surface area contributed by atoms with Crippen molar-refractivity contribution in [2.45, 2.75) is 18.1 Å². The average Bonchev–Trinajstić information content (AvgIpc) is 3.50. The summed E-state index contributed by atoms with van der Waals surface area (Å²) < 4.78 is 32.4. The Hall–Kier alpha value is -2.79. The molecule has 26 heavy (non-hydrogen) atoms. The number of hydrogen-bond acceptors (Lipinski definition) is 3. The third kappa shape index (κ3) is 3.89. The number of sulfonamides is 1. The molecule has 1 saturated carbocycles. The van der Waals surface area contributed by atoms with E-state index in [2.05, 4.69) is 4.72 Å². The molecule has 0 bridgehead atoms. The average molecular weight is 365 g/mol. The third-order valence-electron chi connectivity index (χ3n) is 4.27. The zero-order valence-electron chi connectivity index (χ0n) is 14.1. The van der Waals surface area contributed by atoms with Gasteiger partial charge in [0.25, 0.3) is 0 Å². The van der Waals surface area contributed by atoms with Gasteiger partial charge in [0.2, 0.25) is 10.0 Å². The van der Waals surface area contributed by atoms with E-state index < -0.39 is 10.0 Å². The Morgan fingerprint density at radius 3 is 1.85 bits per heavy atom. The van der Waals surface area contributed by atoms with Crippen molar-refractivity contribution in [1.29, 1.82) is 0 Å². The van der Waals surface area contributed by atoms with Crippen LogP contribution in [0.25, 0.3) is 11.1 Å². The first-order valence-corrected chi connectivity index (χ1v) is 10.1. The Kier molecular flexibility index (Phi) is 4.39. The highest BCUT2D eigenvalue weighted by atomic mass is 32.2. The maximum Gasteiger partial charge on any atom is 0.235 e. The van der Waals surface area contributed by atoms with E-state index in [1.807, 2.05) is 66.7 Å². The zero-order valence-corrected chi connectivity index (χ0v) is 14.9. The molecule has 0 atom stereocenters. The molecule has 0 aromatic heterocycles. The number of hydrogen-bond donors (Lipinski definition) is 1. The lowest BCUT2D eigenvalue weighted by atomic mass is 10.1. The van der Waals surface area contributed by atoms with E-state index in [1.165, 1.54) is 0 Å². The highest BCUT2D eigenvalue weighted by Crippen LogP contribution is 2.31. The number of ether oxygens (including phenoxy) is 1. The van der Waals surface area contributed by atoms with E-state index in [-0.39, 0.29) is 5.25 Å². The minimum atomic E-state index is -3.22. The van der Waals surface area contributed by atoms with Gasteiger partial charge in [0.15, 0.2) is 0 Å². The monoisotopic (exact) mass is 365 g/mol. The van der Waals surface area contributed by atoms with Crippen molar-refractivity contribution in [2.24, 2.45) is 0 Å². The SMILES string of the molecule is O=S(=O)(Nc1ccc(-c2ccc(Oc3ccccc3)cc2)cc1)C1CC1. The summed E-state index contributed by atoms with van der Waals surface area (Å²) in [4.78, 5) is 0. The summed E-state index contributed by atoms with van der Waals surface area (Å²) in [5.74, 6) is 1.57. The molecule has 132 valence electrons. The van der Waals surface area contributed by atoms with Crippen LogP contribution < -0.4 is 9.46 Å². The van der Waals surface area contributed by atoms with Crippen molar-refractivity contribution in [2.75, 3.05) is 4.72 Å². The third-order valence-corrected chi connectivity index (χ3v) is 6.14. The summed E-state index contributed by atoms with van der Waals surface area (Å²) in [6.07, 6.45) is 1.51. The van der Waals surface area contributed by atoms with Gasteiger partial charge in [0.1, 0.15) is 11.5 Å². The summed E-state index contributed by atoms with van der Waals surface area (Å²) in [7, 11) is -3.22. The van der Waals surface area contributed by atoms with E-state index in [9.17, 15) is 8.42 Å². The van der Waals surface area contributed by atoms with Crippen molar-refractivity contribution in [3.05, 3.63) is 78.9 Å². The quantitative estimate of drug-likeness (QED) is 0.665. The van der Waals surface area contributed by atoms with Gasteiger partial charge in [-0.2, -0.15) is 0 Å². The van der Waals surface area contributed by atoms with Gasteiger partial charge in [0.05, 0.1) is 5.25 Å². The van der Waals surface area contributed by atoms with E-state index in [1.54, 1.807) is 12.1 Å². The molecule has 1 N–H and O–H groups in total. The number of rotatable bonds is 6. The van der Waals surface area contributed by atoms with Gasteiger partial charge >= 0.3 is 0 Å². The van der Waals surface area contributed by atoms with Crippen molar-refractivity contribution < 1.29 is 13.2 Å². The number of nitrogens with one attached hydrogen (secondary N) is 1. The molecule has 0 heterocycles. The van der Waals surface area contributed by atoms with Crippen LogP contribution in [-0.2, 0) is 10.0 Å². The Bertz CT molecular complexity index is 978. The first-order chi connectivity index (χ1) is 12.6. The van der Waals surface area contributed by atoms with Crippen molar-refractivity contribution >= 4 is 15.7 Å². The van der Waals surface area contributed by atoms with Gasteiger partial charge in [-0.25, -0.2) is 8.42 Å². The maximum absolute atomic E-state index is 12.0. The fourth-order valence-electron chi connectivity index (χ4n) is 2.70. The van der Waals surface area contributed by atoms with Gasteiger partial charge in [-0.15, -0.1) is 0 Å². The van der Waals surface area contributed by atoms with E-state index in [0.29, 0.717) is 5.69 Å². The Balaban J connectivity index is 1.45. The molecule has 0 aliphatic heterocycles. The summed E-state index contributed by atoms with van der Waals surface area (Å²) in [5, 5.41) is -0.223. The highest BCUT2D eigenvalue weighted by Gasteiger charge is 2.35. The van der Waals surface area contributed by atoms with Crippen LogP contribution in [0.1, 0.15) is 12.8 Å². The molecule has 1 fully saturated rings. The molecule has 4 rings (SSSR count). The normalized spacial score (nSPS) is 14.0. The molecule has 4 nitrogen and oxygen atoms in total. The van der Waals surface area contributed by atoms with Crippen LogP contribution in [0.5, 0.6) is 11.5 Å². The largest absolute Gasteiger partial charge is 0.457 e. The lowest BCUT2D eigenvalue weighted by Crippen LogP contribution is -2.17. The molecular weight excluding hydrogens is 346 g/mol. The fourth-order valence-corrected chi connectivity index (χ4v) is 4.08. The molecule has 0 spiro atoms. The molecule has 0 saturated heterocycles. The van der Waals surface area contributed by atoms with Crippen LogP contribution >= 0.6 is 0 Å². The topological polar surface area (TPSA) is 55.4 Å². The summed E-state index contributed by atoms with van der Waals surface area (Å²) in [6, 6.07) is 24.9. The molecule has 3 aromatic rings. The molecule has 0 unspecified atom stereocenters. The standard InChI is InChI=1S/C21H19NO3S/c23-26(24,21-14-15-21)22-18-10-6-16(7-11-18)17-8-12-20(13-9-17)25-19-4-2-1-3-5-19/h1-13,21-22H,14-15H2. The molecule has 3 aromatic carbocycles. The Morgan fingerprint density at radius 1 is 0.731 bits per heavy atom. The number of anilines is 1. The van der Waals surface area contributed by atoms with Gasteiger partial charge < -0.3 is 4.74 Å². The first kappa shape index (κ1) is 16.7. The Morgan fingerprint density at radius 2 is 1.27 bits per heavy atom. The second kappa shape index (κ2) is 6.84. The van der Waals surface area contributed by atoms with Crippen LogP contribution in [-0.4, -0.2) is 13.7 Å². The molecule has 5 heteroatoms. The van der Waals surface area contributed by atoms with E-state index >= 15 is 0 Å². The molecular formula is C21H19NO3S. The summed E-state index contributed by atoms with van der Waals surface area (Å²) in [6.45, 7) is 0. The predicted octanol–water partition coefficient (Wildman–Crippen LogP) is 5.05. The van der Waals surface area contributed by atoms with Crippen molar-refractivity contribution in [3.63, 3.8) is 0 Å². The molecule has 0 radical (unpaired) electrons. The Labute approximate surface area is 153 Å². The lowest BCUT2D eigenvalue weighted by Gasteiger charge is -2.09. The second-order valence-electron chi connectivity index (χ2n) is 6.36. The van der Waals surface area contributed by atoms with Gasteiger partial charge in [-0.1, -0.05) is 42.5 Å². The van der Waals surface area contributed by atoms with Gasteiger partial charge in [-0.3, -0.25) is 4.72 Å². The molecule has 0 amide bonds. The number of para-hydroxylation sites is 1. The van der Waals surface area contributed by atoms with E-state index in [4.69, 9.17) is 4.74 Å². The maximum atomic E-state index is 12.0. The minimum Gasteiger partial charge on any atom is -0.457 e. The van der Waals surface area contributed by atoms with Gasteiger partial charge in [-0.05, 0) is 60.4 Å². The van der Waals surface area contributed by atoms with Crippen LogP contribution in [0.15, 0.2) is 78.9 Å². The second-order valence-corrected chi connectivity index (χ2v) is 8.32. The van der Waals surface area contributed by atoms with E-state index in [0.717, 1.165) is 35.5 Å². The van der Waals surface area contributed by atoms with Crippen LogP contribution in [0.2, 0.25) is 0 Å². The van der Waals surface area contributed by atoms with Gasteiger partial charge in [0, 0.05) is 5.69 Å². The lowest BCUT2D eigenvalue weighted by molar-refractivity contribution is 0.483. The fraction of sp³-hybridized carbons (Fsp3) is 0.143. The summed E-state index contributed by atoms with van der Waals surface area (Å²) in [5.41, 5.74) is 2.66. The molecule has 1 aliphatic carbocycles. The van der Waals surface area contributed by atoms with Crippen molar-refractivity contribution in [1.82, 2.24) is 0 Å².